The molecule has 4 rings (SSSR count). The molecular formula is C20H17N. The highest BCUT2D eigenvalue weighted by atomic mass is 15.0. The maximum Gasteiger partial charge on any atom is 0.0560 e. The number of para-hydroxylation sites is 2. The van der Waals surface area contributed by atoms with Crippen molar-refractivity contribution in [2.75, 3.05) is 0 Å². The molecule has 0 aliphatic heterocycles. The first-order chi connectivity index (χ1) is 10.4. The lowest BCUT2D eigenvalue weighted by Crippen LogP contribution is -2.07. The Bertz CT molecular complexity index is 839. The van der Waals surface area contributed by atoms with E-state index in [2.05, 4.69) is 77.9 Å². The molecule has 21 heavy (non-hydrogen) atoms. The number of nitrogens with zero attached hydrogens (tertiary/aromatic N) is 1. The zero-order valence-electron chi connectivity index (χ0n) is 11.9. The monoisotopic (exact) mass is 271 g/mol. The first-order valence-corrected chi connectivity index (χ1v) is 7.37. The minimum Gasteiger partial charge on any atom is -0.333 e. The van der Waals surface area contributed by atoms with Crippen LogP contribution in [0.2, 0.25) is 0 Å². The summed E-state index contributed by atoms with van der Waals surface area (Å²) in [5.41, 5.74) is 3.83. The van der Waals surface area contributed by atoms with Crippen LogP contribution in [-0.4, -0.2) is 4.57 Å². The number of rotatable bonds is 2. The normalized spacial score (nSPS) is 18.1. The van der Waals surface area contributed by atoms with Crippen LogP contribution in [0, 0.1) is 0 Å². The highest BCUT2D eigenvalue weighted by molar-refractivity contribution is 6.08. The number of hydrogen-bond donors (Lipinski definition) is 0. The van der Waals surface area contributed by atoms with Crippen molar-refractivity contribution in [3.05, 3.63) is 85.0 Å². The summed E-state index contributed by atoms with van der Waals surface area (Å²) in [4.78, 5) is 0. The van der Waals surface area contributed by atoms with Crippen LogP contribution in [0.25, 0.3) is 21.8 Å². The van der Waals surface area contributed by atoms with Crippen molar-refractivity contribution in [1.82, 2.24) is 4.57 Å². The van der Waals surface area contributed by atoms with Crippen molar-refractivity contribution < 1.29 is 0 Å². The van der Waals surface area contributed by atoms with Gasteiger partial charge in [0.25, 0.3) is 0 Å². The lowest BCUT2D eigenvalue weighted by Gasteiger charge is -2.19. The second-order valence-electron chi connectivity index (χ2n) is 5.47. The van der Waals surface area contributed by atoms with Gasteiger partial charge >= 0.3 is 0 Å². The molecule has 0 saturated carbocycles. The van der Waals surface area contributed by atoms with Gasteiger partial charge in [-0.15, -0.1) is 0 Å². The fourth-order valence-electron chi connectivity index (χ4n) is 3.28. The molecule has 102 valence electrons. The predicted octanol–water partition coefficient (Wildman–Crippen LogP) is 5.41. The Morgan fingerprint density at radius 2 is 1.57 bits per heavy atom. The third kappa shape index (κ3) is 1.85. The van der Waals surface area contributed by atoms with Crippen molar-refractivity contribution in [1.29, 1.82) is 0 Å². The van der Waals surface area contributed by atoms with E-state index in [0.29, 0.717) is 6.04 Å². The molecule has 0 N–H and O–H groups in total. The van der Waals surface area contributed by atoms with Gasteiger partial charge in [0.05, 0.1) is 6.04 Å². The lowest BCUT2D eigenvalue weighted by atomic mass is 10.0. The Hall–Kier alpha value is -2.54. The summed E-state index contributed by atoms with van der Waals surface area (Å²) in [6, 6.07) is 17.7. The molecule has 0 fully saturated rings. The quantitative estimate of drug-likeness (QED) is 0.587. The summed E-state index contributed by atoms with van der Waals surface area (Å²) in [6.07, 6.45) is 9.65. The molecule has 1 aliphatic rings. The molecule has 1 heterocycles. The van der Waals surface area contributed by atoms with Gasteiger partial charge in [0.15, 0.2) is 0 Å². The predicted molar refractivity (Wildman–Crippen MR) is 90.5 cm³/mol. The number of benzene rings is 2. The van der Waals surface area contributed by atoms with Gasteiger partial charge in [0, 0.05) is 21.8 Å². The molecule has 1 heteroatoms. The van der Waals surface area contributed by atoms with E-state index < -0.39 is 0 Å². The van der Waals surface area contributed by atoms with Gasteiger partial charge in [-0.1, -0.05) is 67.3 Å². The van der Waals surface area contributed by atoms with Crippen molar-refractivity contribution in [2.45, 2.75) is 12.5 Å². The topological polar surface area (TPSA) is 4.93 Å². The van der Waals surface area contributed by atoms with Gasteiger partial charge in [-0.05, 0) is 24.1 Å². The molecule has 2 aromatic carbocycles. The van der Waals surface area contributed by atoms with E-state index >= 15 is 0 Å². The number of fused-ring (bicyclic) bond motifs is 3. The smallest absolute Gasteiger partial charge is 0.0560 e. The van der Waals surface area contributed by atoms with E-state index in [4.69, 9.17) is 0 Å². The van der Waals surface area contributed by atoms with Crippen molar-refractivity contribution >= 4 is 21.8 Å². The molecular weight excluding hydrogens is 254 g/mol. The summed E-state index contributed by atoms with van der Waals surface area (Å²) in [5, 5.41) is 2.67. The molecule has 1 atom stereocenters. The summed E-state index contributed by atoms with van der Waals surface area (Å²) >= 11 is 0. The third-order valence-corrected chi connectivity index (χ3v) is 4.29. The number of allylic oxidation sites excluding steroid dienone is 5. The van der Waals surface area contributed by atoms with Crippen LogP contribution in [0.1, 0.15) is 12.5 Å². The molecule has 0 amide bonds. The molecule has 0 radical (unpaired) electrons. The Kier molecular flexibility index (Phi) is 2.78. The fraction of sp³-hybridized carbons (Fsp3) is 0.100. The highest BCUT2D eigenvalue weighted by Crippen LogP contribution is 2.34. The van der Waals surface area contributed by atoms with Gasteiger partial charge in [-0.3, -0.25) is 0 Å². The highest BCUT2D eigenvalue weighted by Gasteiger charge is 2.16. The van der Waals surface area contributed by atoms with E-state index in [1.807, 2.05) is 6.08 Å². The third-order valence-electron chi connectivity index (χ3n) is 4.29. The first-order valence-electron chi connectivity index (χ1n) is 7.37. The van der Waals surface area contributed by atoms with Crippen LogP contribution in [0.5, 0.6) is 0 Å². The maximum absolute atomic E-state index is 3.85. The SMILES string of the molecule is C=CC1=CCC(n2c3ccccc3c3ccccc32)C=C1. The van der Waals surface area contributed by atoms with E-state index in [0.717, 1.165) is 6.42 Å². The average Bonchev–Trinajstić information content (AvgIpc) is 2.90. The zero-order valence-corrected chi connectivity index (χ0v) is 11.9. The van der Waals surface area contributed by atoms with Crippen molar-refractivity contribution in [2.24, 2.45) is 0 Å². The minimum absolute atomic E-state index is 0.374. The second kappa shape index (κ2) is 4.78. The molecule has 1 aromatic heterocycles. The van der Waals surface area contributed by atoms with E-state index in [1.54, 1.807) is 0 Å². The largest absolute Gasteiger partial charge is 0.333 e. The molecule has 0 saturated heterocycles. The van der Waals surface area contributed by atoms with E-state index in [1.165, 1.54) is 27.4 Å². The number of hydrogen-bond acceptors (Lipinski definition) is 0. The summed E-state index contributed by atoms with van der Waals surface area (Å²) in [7, 11) is 0. The van der Waals surface area contributed by atoms with Crippen LogP contribution >= 0.6 is 0 Å². The first kappa shape index (κ1) is 12.2. The van der Waals surface area contributed by atoms with Gasteiger partial charge in [-0.2, -0.15) is 0 Å². The summed E-state index contributed by atoms with van der Waals surface area (Å²) in [6.45, 7) is 3.85. The second-order valence-corrected chi connectivity index (χ2v) is 5.47. The molecule has 1 nitrogen and oxygen atoms in total. The van der Waals surface area contributed by atoms with Crippen molar-refractivity contribution in [3.8, 4) is 0 Å². The van der Waals surface area contributed by atoms with Crippen LogP contribution in [0.15, 0.2) is 85.0 Å². The summed E-state index contributed by atoms with van der Waals surface area (Å²) < 4.78 is 2.46. The van der Waals surface area contributed by atoms with Gasteiger partial charge in [0.1, 0.15) is 0 Å². The van der Waals surface area contributed by atoms with Crippen molar-refractivity contribution in [3.63, 3.8) is 0 Å². The van der Waals surface area contributed by atoms with Crippen LogP contribution < -0.4 is 0 Å². The minimum atomic E-state index is 0.374. The Morgan fingerprint density at radius 1 is 0.952 bits per heavy atom. The Balaban J connectivity index is 1.97. The molecule has 0 spiro atoms. The van der Waals surface area contributed by atoms with Gasteiger partial charge in [0.2, 0.25) is 0 Å². The van der Waals surface area contributed by atoms with Gasteiger partial charge in [-0.25, -0.2) is 0 Å². The molecule has 1 aliphatic carbocycles. The summed E-state index contributed by atoms with van der Waals surface area (Å²) in [5.74, 6) is 0. The van der Waals surface area contributed by atoms with E-state index in [-0.39, 0.29) is 0 Å². The zero-order chi connectivity index (χ0) is 14.2. The Labute approximate surface area is 124 Å². The standard InChI is InChI=1S/C20H17N/c1-2-15-11-13-16(14-12-15)21-19-9-5-3-7-17(19)18-8-4-6-10-20(18)21/h2-13,16H,1,14H2. The Morgan fingerprint density at radius 3 is 2.10 bits per heavy atom. The van der Waals surface area contributed by atoms with Crippen LogP contribution in [-0.2, 0) is 0 Å². The van der Waals surface area contributed by atoms with Crippen LogP contribution in [0.3, 0.4) is 0 Å². The molecule has 3 aromatic rings. The van der Waals surface area contributed by atoms with Gasteiger partial charge < -0.3 is 4.57 Å². The average molecular weight is 271 g/mol. The maximum atomic E-state index is 3.85. The molecule has 0 bridgehead atoms. The number of aromatic nitrogens is 1. The molecule has 1 unspecified atom stereocenters. The lowest BCUT2D eigenvalue weighted by molar-refractivity contribution is 0.646. The van der Waals surface area contributed by atoms with Crippen LogP contribution in [0.4, 0.5) is 0 Å². The fourth-order valence-corrected chi connectivity index (χ4v) is 3.28. The van der Waals surface area contributed by atoms with E-state index in [9.17, 15) is 0 Å².